The third kappa shape index (κ3) is 4.36. The van der Waals surface area contributed by atoms with E-state index in [9.17, 15) is 0 Å². The molecule has 0 saturated heterocycles. The van der Waals surface area contributed by atoms with Crippen molar-refractivity contribution < 1.29 is 9.47 Å². The van der Waals surface area contributed by atoms with Crippen LogP contribution in [-0.4, -0.2) is 42.8 Å². The number of aromatic nitrogens is 2. The van der Waals surface area contributed by atoms with Crippen molar-refractivity contribution in [2.24, 2.45) is 4.99 Å². The van der Waals surface area contributed by atoms with E-state index in [1.807, 2.05) is 50.2 Å². The largest absolute Gasteiger partial charge is 0.493 e. The summed E-state index contributed by atoms with van der Waals surface area (Å²) in [5, 5.41) is 6.63. The molecule has 7 nitrogen and oxygen atoms in total. The second kappa shape index (κ2) is 9.12. The van der Waals surface area contributed by atoms with Gasteiger partial charge in [-0.1, -0.05) is 12.1 Å². The van der Waals surface area contributed by atoms with Crippen molar-refractivity contribution in [3.8, 4) is 11.5 Å². The summed E-state index contributed by atoms with van der Waals surface area (Å²) in [7, 11) is 3.38. The fourth-order valence-corrected chi connectivity index (χ4v) is 3.10. The first-order chi connectivity index (χ1) is 13.7. The summed E-state index contributed by atoms with van der Waals surface area (Å²) in [5.74, 6) is 3.10. The van der Waals surface area contributed by atoms with Crippen LogP contribution in [0.2, 0.25) is 0 Å². The van der Waals surface area contributed by atoms with E-state index in [1.165, 1.54) is 0 Å². The fourth-order valence-electron chi connectivity index (χ4n) is 3.10. The van der Waals surface area contributed by atoms with Gasteiger partial charge in [-0.3, -0.25) is 4.99 Å². The number of methoxy groups -OCH3 is 1. The van der Waals surface area contributed by atoms with Crippen LogP contribution in [0.15, 0.2) is 47.5 Å². The number of imidazole rings is 1. The molecule has 0 aliphatic heterocycles. The Labute approximate surface area is 165 Å². The molecule has 3 aromatic rings. The van der Waals surface area contributed by atoms with Crippen LogP contribution in [0.3, 0.4) is 0 Å². The van der Waals surface area contributed by atoms with E-state index in [-0.39, 0.29) is 0 Å². The smallest absolute Gasteiger partial charge is 0.195 e. The molecule has 2 aromatic carbocycles. The quantitative estimate of drug-likeness (QED) is 0.484. The molecule has 0 radical (unpaired) electrons. The van der Waals surface area contributed by atoms with Crippen LogP contribution in [0.1, 0.15) is 12.7 Å². The highest BCUT2D eigenvalue weighted by molar-refractivity contribution is 5.93. The van der Waals surface area contributed by atoms with Gasteiger partial charge < -0.3 is 24.7 Å². The Bertz CT molecular complexity index is 965. The molecule has 0 bridgehead atoms. The minimum Gasteiger partial charge on any atom is -0.493 e. The van der Waals surface area contributed by atoms with E-state index in [0.717, 1.165) is 41.4 Å². The number of nitrogens with zero attached hydrogens (tertiary/aromatic N) is 3. The molecule has 1 aromatic heterocycles. The number of rotatable bonds is 7. The Balaban J connectivity index is 1.63. The predicted octanol–water partition coefficient (Wildman–Crippen LogP) is 3.44. The number of anilines is 1. The summed E-state index contributed by atoms with van der Waals surface area (Å²) in [6.45, 7) is 6.07. The van der Waals surface area contributed by atoms with Crippen LogP contribution in [0.25, 0.3) is 11.0 Å². The molecule has 0 aliphatic carbocycles. The van der Waals surface area contributed by atoms with Crippen molar-refractivity contribution in [1.82, 2.24) is 14.9 Å². The van der Waals surface area contributed by atoms with E-state index in [0.29, 0.717) is 18.3 Å². The lowest BCUT2D eigenvalue weighted by molar-refractivity contribution is 0.311. The highest BCUT2D eigenvalue weighted by atomic mass is 16.5. The third-order valence-electron chi connectivity index (χ3n) is 4.42. The zero-order chi connectivity index (χ0) is 19.9. The first-order valence-corrected chi connectivity index (χ1v) is 9.36. The molecule has 3 rings (SSSR count). The van der Waals surface area contributed by atoms with Gasteiger partial charge in [-0.2, -0.15) is 0 Å². The van der Waals surface area contributed by atoms with Gasteiger partial charge in [-0.15, -0.1) is 0 Å². The van der Waals surface area contributed by atoms with Gasteiger partial charge in [0.05, 0.1) is 24.8 Å². The van der Waals surface area contributed by atoms with Crippen LogP contribution in [0.4, 0.5) is 5.69 Å². The SMILES string of the molecule is CCOc1ccc(NC(=NC)NCCn2c(C)nc3ccccc32)cc1OC. The van der Waals surface area contributed by atoms with Gasteiger partial charge >= 0.3 is 0 Å². The number of aryl methyl sites for hydroxylation is 1. The van der Waals surface area contributed by atoms with Gasteiger partial charge in [-0.25, -0.2) is 4.98 Å². The van der Waals surface area contributed by atoms with Crippen LogP contribution in [0, 0.1) is 6.92 Å². The molecule has 0 saturated carbocycles. The summed E-state index contributed by atoms with van der Waals surface area (Å²) in [6.07, 6.45) is 0. The molecule has 28 heavy (non-hydrogen) atoms. The van der Waals surface area contributed by atoms with Crippen molar-refractivity contribution in [2.45, 2.75) is 20.4 Å². The third-order valence-corrected chi connectivity index (χ3v) is 4.42. The second-order valence-electron chi connectivity index (χ2n) is 6.22. The zero-order valence-electron chi connectivity index (χ0n) is 16.8. The number of para-hydroxylation sites is 2. The van der Waals surface area contributed by atoms with Crippen molar-refractivity contribution in [3.05, 3.63) is 48.3 Å². The average molecular weight is 381 g/mol. The summed E-state index contributed by atoms with van der Waals surface area (Å²) >= 11 is 0. The zero-order valence-corrected chi connectivity index (χ0v) is 16.8. The Morgan fingerprint density at radius 3 is 2.75 bits per heavy atom. The molecule has 1 heterocycles. The average Bonchev–Trinajstić information content (AvgIpc) is 3.03. The van der Waals surface area contributed by atoms with Gasteiger partial charge in [0.15, 0.2) is 17.5 Å². The van der Waals surface area contributed by atoms with Crippen LogP contribution >= 0.6 is 0 Å². The highest BCUT2D eigenvalue weighted by Gasteiger charge is 2.08. The summed E-state index contributed by atoms with van der Waals surface area (Å²) in [5.41, 5.74) is 3.03. The molecule has 0 unspecified atom stereocenters. The molecular weight excluding hydrogens is 354 g/mol. The van der Waals surface area contributed by atoms with E-state index in [2.05, 4.69) is 31.2 Å². The first kappa shape index (κ1) is 19.5. The molecule has 0 amide bonds. The van der Waals surface area contributed by atoms with E-state index in [1.54, 1.807) is 14.2 Å². The Kier molecular flexibility index (Phi) is 6.37. The minimum absolute atomic E-state index is 0.592. The predicted molar refractivity (Wildman–Crippen MR) is 114 cm³/mol. The van der Waals surface area contributed by atoms with Crippen LogP contribution in [0.5, 0.6) is 11.5 Å². The molecule has 148 valence electrons. The molecule has 2 N–H and O–H groups in total. The number of fused-ring (bicyclic) bond motifs is 1. The van der Waals surface area contributed by atoms with Crippen molar-refractivity contribution in [1.29, 1.82) is 0 Å². The molecule has 0 spiro atoms. The lowest BCUT2D eigenvalue weighted by atomic mass is 10.2. The molecule has 0 atom stereocenters. The van der Waals surface area contributed by atoms with Gasteiger partial charge in [0.2, 0.25) is 0 Å². The minimum atomic E-state index is 0.592. The number of ether oxygens (including phenoxy) is 2. The number of hydrogen-bond acceptors (Lipinski definition) is 4. The molecule has 7 heteroatoms. The maximum Gasteiger partial charge on any atom is 0.195 e. The van der Waals surface area contributed by atoms with E-state index >= 15 is 0 Å². The molecule has 0 fully saturated rings. The monoisotopic (exact) mass is 381 g/mol. The topological polar surface area (TPSA) is 72.7 Å². The maximum absolute atomic E-state index is 5.56. The summed E-state index contributed by atoms with van der Waals surface area (Å²) in [6, 6.07) is 13.9. The van der Waals surface area contributed by atoms with Gasteiger partial charge in [0, 0.05) is 31.9 Å². The van der Waals surface area contributed by atoms with Crippen LogP contribution in [-0.2, 0) is 6.54 Å². The normalized spacial score (nSPS) is 11.5. The summed E-state index contributed by atoms with van der Waals surface area (Å²) < 4.78 is 13.2. The Morgan fingerprint density at radius 1 is 1.18 bits per heavy atom. The molecule has 0 aliphatic rings. The lowest BCUT2D eigenvalue weighted by Gasteiger charge is -2.15. The van der Waals surface area contributed by atoms with Gasteiger partial charge in [0.1, 0.15) is 5.82 Å². The van der Waals surface area contributed by atoms with Gasteiger partial charge in [0.25, 0.3) is 0 Å². The first-order valence-electron chi connectivity index (χ1n) is 9.36. The number of benzene rings is 2. The summed E-state index contributed by atoms with van der Waals surface area (Å²) in [4.78, 5) is 8.90. The lowest BCUT2D eigenvalue weighted by Crippen LogP contribution is -2.33. The van der Waals surface area contributed by atoms with Crippen LogP contribution < -0.4 is 20.1 Å². The molecular formula is C21H27N5O2. The van der Waals surface area contributed by atoms with Crippen molar-refractivity contribution in [3.63, 3.8) is 0 Å². The number of hydrogen-bond donors (Lipinski definition) is 2. The number of aliphatic imine (C=N–C) groups is 1. The number of nitrogens with one attached hydrogen (secondary N) is 2. The Morgan fingerprint density at radius 2 is 2.00 bits per heavy atom. The highest BCUT2D eigenvalue weighted by Crippen LogP contribution is 2.30. The van der Waals surface area contributed by atoms with Crippen molar-refractivity contribution >= 4 is 22.7 Å². The standard InChI is InChI=1S/C21H27N5O2/c1-5-28-19-11-10-16(14-20(19)27-4)25-21(22-3)23-12-13-26-15(2)24-17-8-6-7-9-18(17)26/h6-11,14H,5,12-13H2,1-4H3,(H2,22,23,25). The van der Waals surface area contributed by atoms with E-state index in [4.69, 9.17) is 9.47 Å². The van der Waals surface area contributed by atoms with Gasteiger partial charge in [-0.05, 0) is 38.1 Å². The number of guanidine groups is 1. The maximum atomic E-state index is 5.56. The van der Waals surface area contributed by atoms with E-state index < -0.39 is 0 Å². The Hall–Kier alpha value is -3.22. The second-order valence-corrected chi connectivity index (χ2v) is 6.22. The van der Waals surface area contributed by atoms with Crippen molar-refractivity contribution in [2.75, 3.05) is 32.6 Å². The fraction of sp³-hybridized carbons (Fsp3) is 0.333.